The molecule has 0 aliphatic heterocycles. The number of rotatable bonds is 8. The molecule has 0 heterocycles. The minimum Gasteiger partial charge on any atom is -0.493 e. The van der Waals surface area contributed by atoms with E-state index < -0.39 is 0 Å². The van der Waals surface area contributed by atoms with E-state index in [0.29, 0.717) is 25.5 Å². The molecule has 1 amide bonds. The molecule has 5 heteroatoms. The van der Waals surface area contributed by atoms with E-state index >= 15 is 0 Å². The molecular weight excluding hydrogens is 288 g/mol. The first-order valence-corrected chi connectivity index (χ1v) is 7.19. The fourth-order valence-corrected chi connectivity index (χ4v) is 1.67. The second-order valence-electron chi connectivity index (χ2n) is 5.32. The number of carbonyl (C=O) groups is 1. The van der Waals surface area contributed by atoms with E-state index in [0.717, 1.165) is 5.75 Å². The first kappa shape index (κ1) is 19.7. The molecule has 0 saturated carbocycles. The smallest absolute Gasteiger partial charge is 0.223 e. The highest BCUT2D eigenvalue weighted by molar-refractivity contribution is 5.85. The first-order chi connectivity index (χ1) is 9.52. The second kappa shape index (κ2) is 10.5. The molecular formula is C16H27ClN2O2. The number of likely N-dealkylation sites (N-methyl/N-ethyl adjacent to an activating group) is 1. The first-order valence-electron chi connectivity index (χ1n) is 7.19. The van der Waals surface area contributed by atoms with Crippen LogP contribution in [-0.4, -0.2) is 32.1 Å². The quantitative estimate of drug-likeness (QED) is 0.775. The molecule has 0 bridgehead atoms. The molecule has 1 aromatic carbocycles. The van der Waals surface area contributed by atoms with Gasteiger partial charge in [0, 0.05) is 12.6 Å². The molecule has 1 atom stereocenters. The number of ether oxygens (including phenoxy) is 1. The van der Waals surface area contributed by atoms with E-state index in [1.54, 1.807) is 0 Å². The molecule has 1 unspecified atom stereocenters. The van der Waals surface area contributed by atoms with E-state index in [1.165, 1.54) is 5.56 Å². The molecule has 0 aromatic heterocycles. The van der Waals surface area contributed by atoms with Gasteiger partial charge in [-0.2, -0.15) is 0 Å². The van der Waals surface area contributed by atoms with Crippen LogP contribution in [0.5, 0.6) is 5.75 Å². The summed E-state index contributed by atoms with van der Waals surface area (Å²) in [6.07, 6.45) is 0.377. The number of hydrogen-bond donors (Lipinski definition) is 2. The Morgan fingerprint density at radius 1 is 1.19 bits per heavy atom. The van der Waals surface area contributed by atoms with Crippen LogP contribution < -0.4 is 15.4 Å². The zero-order valence-corrected chi connectivity index (χ0v) is 14.1. The molecule has 0 saturated heterocycles. The Bertz CT molecular complexity index is 407. The summed E-state index contributed by atoms with van der Waals surface area (Å²) in [4.78, 5) is 11.6. The molecule has 0 fully saturated rings. The lowest BCUT2D eigenvalue weighted by Gasteiger charge is -2.12. The monoisotopic (exact) mass is 314 g/mol. The SMILES string of the molecule is CNC(C)CNC(=O)CCOc1ccc(C(C)C)cc1.Cl. The molecule has 0 aliphatic rings. The van der Waals surface area contributed by atoms with Gasteiger partial charge >= 0.3 is 0 Å². The minimum absolute atomic E-state index is 0. The van der Waals surface area contributed by atoms with Gasteiger partial charge in [-0.05, 0) is 37.6 Å². The standard InChI is InChI=1S/C16H26N2O2.ClH/c1-12(2)14-5-7-15(8-6-14)20-10-9-16(19)18-11-13(3)17-4;/h5-8,12-13,17H,9-11H2,1-4H3,(H,18,19);1H. The van der Waals surface area contributed by atoms with Crippen LogP contribution in [0.1, 0.15) is 38.7 Å². The van der Waals surface area contributed by atoms with Crippen molar-refractivity contribution in [3.05, 3.63) is 29.8 Å². The van der Waals surface area contributed by atoms with Gasteiger partial charge in [0.2, 0.25) is 5.91 Å². The van der Waals surface area contributed by atoms with Crippen molar-refractivity contribution in [2.45, 2.75) is 39.2 Å². The molecule has 0 radical (unpaired) electrons. The molecule has 0 spiro atoms. The van der Waals surface area contributed by atoms with Gasteiger partial charge in [-0.1, -0.05) is 26.0 Å². The van der Waals surface area contributed by atoms with E-state index in [4.69, 9.17) is 4.74 Å². The zero-order valence-electron chi connectivity index (χ0n) is 13.3. The normalized spacial score (nSPS) is 11.7. The number of hydrogen-bond acceptors (Lipinski definition) is 3. The van der Waals surface area contributed by atoms with Crippen molar-refractivity contribution in [2.75, 3.05) is 20.2 Å². The minimum atomic E-state index is 0. The highest BCUT2D eigenvalue weighted by Gasteiger charge is 2.04. The van der Waals surface area contributed by atoms with Crippen molar-refractivity contribution in [1.82, 2.24) is 10.6 Å². The fourth-order valence-electron chi connectivity index (χ4n) is 1.67. The molecule has 21 heavy (non-hydrogen) atoms. The topological polar surface area (TPSA) is 50.4 Å². The van der Waals surface area contributed by atoms with Gasteiger partial charge in [0.15, 0.2) is 0 Å². The fraction of sp³-hybridized carbons (Fsp3) is 0.562. The average molecular weight is 315 g/mol. The summed E-state index contributed by atoms with van der Waals surface area (Å²) in [6.45, 7) is 7.38. The Labute approximate surface area is 134 Å². The Balaban J connectivity index is 0.00000400. The Morgan fingerprint density at radius 2 is 1.81 bits per heavy atom. The highest BCUT2D eigenvalue weighted by atomic mass is 35.5. The summed E-state index contributed by atoms with van der Waals surface area (Å²) in [5.41, 5.74) is 1.29. The summed E-state index contributed by atoms with van der Waals surface area (Å²) in [7, 11) is 1.88. The number of halogens is 1. The van der Waals surface area contributed by atoms with Crippen molar-refractivity contribution in [2.24, 2.45) is 0 Å². The van der Waals surface area contributed by atoms with Gasteiger partial charge in [-0.25, -0.2) is 0 Å². The van der Waals surface area contributed by atoms with Gasteiger partial charge in [0.25, 0.3) is 0 Å². The van der Waals surface area contributed by atoms with Gasteiger partial charge in [0.1, 0.15) is 5.75 Å². The largest absolute Gasteiger partial charge is 0.493 e. The molecule has 1 rings (SSSR count). The van der Waals surface area contributed by atoms with Crippen LogP contribution in [-0.2, 0) is 4.79 Å². The van der Waals surface area contributed by atoms with Crippen LogP contribution in [0.3, 0.4) is 0 Å². The van der Waals surface area contributed by atoms with E-state index in [-0.39, 0.29) is 24.4 Å². The zero-order chi connectivity index (χ0) is 15.0. The van der Waals surface area contributed by atoms with E-state index in [2.05, 4.69) is 36.6 Å². The molecule has 4 nitrogen and oxygen atoms in total. The molecule has 120 valence electrons. The molecule has 0 aliphatic carbocycles. The van der Waals surface area contributed by atoms with Crippen LogP contribution >= 0.6 is 12.4 Å². The molecule has 2 N–H and O–H groups in total. The lowest BCUT2D eigenvalue weighted by molar-refractivity contribution is -0.121. The third-order valence-corrected chi connectivity index (χ3v) is 3.24. The van der Waals surface area contributed by atoms with Crippen LogP contribution in [0.4, 0.5) is 0 Å². The van der Waals surface area contributed by atoms with Crippen LogP contribution in [0.25, 0.3) is 0 Å². The van der Waals surface area contributed by atoms with E-state index in [1.807, 2.05) is 26.1 Å². The Hall–Kier alpha value is -1.26. The van der Waals surface area contributed by atoms with Crippen molar-refractivity contribution in [1.29, 1.82) is 0 Å². The van der Waals surface area contributed by atoms with Crippen LogP contribution in [0.2, 0.25) is 0 Å². The predicted molar refractivity (Wildman–Crippen MR) is 89.4 cm³/mol. The lowest BCUT2D eigenvalue weighted by Crippen LogP contribution is -2.37. The number of benzene rings is 1. The average Bonchev–Trinajstić information content (AvgIpc) is 2.45. The van der Waals surface area contributed by atoms with Crippen LogP contribution in [0, 0.1) is 0 Å². The summed E-state index contributed by atoms with van der Waals surface area (Å²) < 4.78 is 5.57. The van der Waals surface area contributed by atoms with Crippen molar-refractivity contribution in [3.63, 3.8) is 0 Å². The summed E-state index contributed by atoms with van der Waals surface area (Å²) in [6, 6.07) is 8.32. The van der Waals surface area contributed by atoms with Crippen molar-refractivity contribution >= 4 is 18.3 Å². The predicted octanol–water partition coefficient (Wildman–Crippen LogP) is 2.72. The maximum atomic E-state index is 11.6. The van der Waals surface area contributed by atoms with Gasteiger partial charge in [-0.15, -0.1) is 12.4 Å². The maximum absolute atomic E-state index is 11.6. The second-order valence-corrected chi connectivity index (χ2v) is 5.32. The van der Waals surface area contributed by atoms with Gasteiger partial charge in [0.05, 0.1) is 13.0 Å². The van der Waals surface area contributed by atoms with E-state index in [9.17, 15) is 4.79 Å². The third-order valence-electron chi connectivity index (χ3n) is 3.24. The number of amides is 1. The van der Waals surface area contributed by atoms with Gasteiger partial charge < -0.3 is 15.4 Å². The summed E-state index contributed by atoms with van der Waals surface area (Å²) in [5, 5.41) is 5.93. The Morgan fingerprint density at radius 3 is 2.33 bits per heavy atom. The Kier molecular flexibility index (Phi) is 9.84. The number of carbonyl (C=O) groups excluding carboxylic acids is 1. The summed E-state index contributed by atoms with van der Waals surface area (Å²) >= 11 is 0. The number of nitrogens with one attached hydrogen (secondary N) is 2. The lowest BCUT2D eigenvalue weighted by atomic mass is 10.0. The maximum Gasteiger partial charge on any atom is 0.223 e. The summed E-state index contributed by atoms with van der Waals surface area (Å²) in [5.74, 6) is 1.35. The van der Waals surface area contributed by atoms with Crippen molar-refractivity contribution < 1.29 is 9.53 Å². The molecule has 1 aromatic rings. The third kappa shape index (κ3) is 7.93. The van der Waals surface area contributed by atoms with Crippen LogP contribution in [0.15, 0.2) is 24.3 Å². The van der Waals surface area contributed by atoms with Gasteiger partial charge in [-0.3, -0.25) is 4.79 Å². The highest BCUT2D eigenvalue weighted by Crippen LogP contribution is 2.18. The van der Waals surface area contributed by atoms with Crippen molar-refractivity contribution in [3.8, 4) is 5.75 Å².